The van der Waals surface area contributed by atoms with Gasteiger partial charge >= 0.3 is 0 Å². The summed E-state index contributed by atoms with van der Waals surface area (Å²) < 4.78 is 34.1. The van der Waals surface area contributed by atoms with Gasteiger partial charge in [-0.2, -0.15) is 8.42 Å². The standard InChI is InChI=1S/C22H26N4O4S/c1-16-7-8-20-17(15-16)23-21(24-31(20,28)29)9-10-22(27)26-13-11-25(12-14-26)18-5-3-4-6-19(18)30-2/h3-8,15H,9-14H2,1-2H3,(H,23,24). The summed E-state index contributed by atoms with van der Waals surface area (Å²) in [6.45, 7) is 4.54. The lowest BCUT2D eigenvalue weighted by atomic mass is 10.2. The van der Waals surface area contributed by atoms with Crippen LogP contribution in [0.4, 0.5) is 11.4 Å². The zero-order chi connectivity index (χ0) is 22.0. The topological polar surface area (TPSA) is 91.3 Å². The first-order chi connectivity index (χ1) is 14.9. The van der Waals surface area contributed by atoms with Crippen molar-refractivity contribution in [2.75, 3.05) is 43.5 Å². The molecule has 4 rings (SSSR count). The van der Waals surface area contributed by atoms with Crippen LogP contribution in [0.5, 0.6) is 5.75 Å². The average molecular weight is 443 g/mol. The molecule has 0 atom stereocenters. The number of methoxy groups -OCH3 is 1. The highest BCUT2D eigenvalue weighted by Crippen LogP contribution is 2.30. The van der Waals surface area contributed by atoms with E-state index >= 15 is 0 Å². The predicted molar refractivity (Wildman–Crippen MR) is 120 cm³/mol. The van der Waals surface area contributed by atoms with Crippen molar-refractivity contribution >= 4 is 33.1 Å². The van der Waals surface area contributed by atoms with Gasteiger partial charge in [0.2, 0.25) is 5.91 Å². The molecule has 1 N–H and O–H groups in total. The number of hydrogen-bond acceptors (Lipinski definition) is 6. The van der Waals surface area contributed by atoms with Crippen molar-refractivity contribution in [1.82, 2.24) is 4.90 Å². The Kier molecular flexibility index (Phi) is 5.86. The number of para-hydroxylation sites is 2. The quantitative estimate of drug-likeness (QED) is 0.766. The Labute approximate surface area is 182 Å². The number of nitrogens with one attached hydrogen (secondary N) is 1. The second kappa shape index (κ2) is 8.58. The fraction of sp³-hybridized carbons (Fsp3) is 0.364. The van der Waals surface area contributed by atoms with Gasteiger partial charge in [0.15, 0.2) is 0 Å². The number of carbonyl (C=O) groups is 1. The molecule has 31 heavy (non-hydrogen) atoms. The van der Waals surface area contributed by atoms with Crippen molar-refractivity contribution in [3.63, 3.8) is 0 Å². The third kappa shape index (κ3) is 4.51. The molecule has 0 saturated carbocycles. The van der Waals surface area contributed by atoms with Crippen LogP contribution in [0, 0.1) is 6.92 Å². The number of ether oxygens (including phenoxy) is 1. The van der Waals surface area contributed by atoms with Gasteiger partial charge in [0, 0.05) is 39.0 Å². The van der Waals surface area contributed by atoms with Crippen LogP contribution in [-0.4, -0.2) is 58.3 Å². The summed E-state index contributed by atoms with van der Waals surface area (Å²) >= 11 is 0. The molecule has 0 aromatic heterocycles. The summed E-state index contributed by atoms with van der Waals surface area (Å²) in [6, 6.07) is 12.9. The molecule has 0 aliphatic carbocycles. The van der Waals surface area contributed by atoms with Crippen molar-refractivity contribution in [2.45, 2.75) is 24.7 Å². The van der Waals surface area contributed by atoms with E-state index in [0.29, 0.717) is 37.7 Å². The third-order valence-electron chi connectivity index (χ3n) is 5.56. The molecule has 2 aliphatic rings. The van der Waals surface area contributed by atoms with Crippen LogP contribution in [0.25, 0.3) is 0 Å². The van der Waals surface area contributed by atoms with E-state index in [4.69, 9.17) is 4.74 Å². The Morgan fingerprint density at radius 3 is 2.61 bits per heavy atom. The van der Waals surface area contributed by atoms with Crippen LogP contribution < -0.4 is 15.0 Å². The summed E-state index contributed by atoms with van der Waals surface area (Å²) in [4.78, 5) is 16.9. The van der Waals surface area contributed by atoms with Gasteiger partial charge in [0.05, 0.1) is 18.5 Å². The average Bonchev–Trinajstić information content (AvgIpc) is 2.76. The summed E-state index contributed by atoms with van der Waals surface area (Å²) in [5.74, 6) is 1.12. The van der Waals surface area contributed by atoms with Gasteiger partial charge in [-0.3, -0.25) is 4.79 Å². The summed E-state index contributed by atoms with van der Waals surface area (Å²) in [6.07, 6.45) is 0.454. The van der Waals surface area contributed by atoms with Gasteiger partial charge in [-0.15, -0.1) is 4.40 Å². The number of amidine groups is 1. The van der Waals surface area contributed by atoms with Gasteiger partial charge in [-0.05, 0) is 36.8 Å². The normalized spacial score (nSPS) is 17.4. The summed E-state index contributed by atoms with van der Waals surface area (Å²) in [5.41, 5.74) is 2.49. The minimum Gasteiger partial charge on any atom is -0.495 e. The zero-order valence-electron chi connectivity index (χ0n) is 17.7. The fourth-order valence-corrected chi connectivity index (χ4v) is 5.07. The number of sulfonamides is 1. The van der Waals surface area contributed by atoms with E-state index in [2.05, 4.69) is 14.6 Å². The molecular formula is C22H26N4O4S. The minimum absolute atomic E-state index is 0.00314. The molecule has 0 spiro atoms. The van der Waals surface area contributed by atoms with Crippen molar-refractivity contribution in [2.24, 2.45) is 4.40 Å². The van der Waals surface area contributed by atoms with Crippen molar-refractivity contribution < 1.29 is 17.9 Å². The van der Waals surface area contributed by atoms with E-state index in [-0.39, 0.29) is 23.6 Å². The van der Waals surface area contributed by atoms with E-state index < -0.39 is 10.0 Å². The molecule has 2 heterocycles. The number of fused-ring (bicyclic) bond motifs is 1. The number of piperazine rings is 1. The predicted octanol–water partition coefficient (Wildman–Crippen LogP) is 2.65. The summed E-state index contributed by atoms with van der Waals surface area (Å²) in [5, 5.41) is 3.07. The molecule has 9 heteroatoms. The van der Waals surface area contributed by atoms with Gasteiger partial charge in [0.1, 0.15) is 16.5 Å². The monoisotopic (exact) mass is 442 g/mol. The van der Waals surface area contributed by atoms with E-state index in [1.807, 2.05) is 36.1 Å². The molecule has 1 saturated heterocycles. The zero-order valence-corrected chi connectivity index (χ0v) is 18.5. The molecular weight excluding hydrogens is 416 g/mol. The Hall–Kier alpha value is -3.07. The van der Waals surface area contributed by atoms with Crippen LogP contribution in [0.3, 0.4) is 0 Å². The smallest absolute Gasteiger partial charge is 0.286 e. The largest absolute Gasteiger partial charge is 0.495 e. The number of rotatable bonds is 5. The van der Waals surface area contributed by atoms with E-state index in [0.717, 1.165) is 17.0 Å². The first kappa shape index (κ1) is 21.2. The van der Waals surface area contributed by atoms with Gasteiger partial charge in [-0.25, -0.2) is 0 Å². The lowest BCUT2D eigenvalue weighted by molar-refractivity contribution is -0.131. The molecule has 0 radical (unpaired) electrons. The molecule has 2 aliphatic heterocycles. The van der Waals surface area contributed by atoms with Crippen molar-refractivity contribution in [3.8, 4) is 5.75 Å². The number of benzene rings is 2. The highest BCUT2D eigenvalue weighted by molar-refractivity contribution is 7.90. The van der Waals surface area contributed by atoms with Crippen LogP contribution in [0.2, 0.25) is 0 Å². The van der Waals surface area contributed by atoms with Gasteiger partial charge < -0.3 is 19.9 Å². The van der Waals surface area contributed by atoms with Crippen LogP contribution in [0.15, 0.2) is 51.8 Å². The van der Waals surface area contributed by atoms with Crippen LogP contribution in [-0.2, 0) is 14.8 Å². The Bertz CT molecular complexity index is 1120. The fourth-order valence-electron chi connectivity index (χ4n) is 3.92. The van der Waals surface area contributed by atoms with E-state index in [1.165, 1.54) is 0 Å². The number of anilines is 2. The van der Waals surface area contributed by atoms with E-state index in [9.17, 15) is 13.2 Å². The van der Waals surface area contributed by atoms with Crippen LogP contribution in [0.1, 0.15) is 18.4 Å². The number of nitrogens with zero attached hydrogens (tertiary/aromatic N) is 3. The maximum absolute atomic E-state index is 12.7. The van der Waals surface area contributed by atoms with Crippen molar-refractivity contribution in [1.29, 1.82) is 0 Å². The molecule has 0 unspecified atom stereocenters. The molecule has 8 nitrogen and oxygen atoms in total. The molecule has 2 aromatic rings. The number of hydrogen-bond donors (Lipinski definition) is 1. The summed E-state index contributed by atoms with van der Waals surface area (Å²) in [7, 11) is -2.09. The van der Waals surface area contributed by atoms with Crippen molar-refractivity contribution in [3.05, 3.63) is 48.0 Å². The second-order valence-corrected chi connectivity index (χ2v) is 9.25. The highest BCUT2D eigenvalue weighted by atomic mass is 32.2. The molecule has 1 fully saturated rings. The first-order valence-electron chi connectivity index (χ1n) is 10.2. The molecule has 1 amide bonds. The minimum atomic E-state index is -3.74. The molecule has 2 aromatic carbocycles. The van der Waals surface area contributed by atoms with Crippen LogP contribution >= 0.6 is 0 Å². The first-order valence-corrected chi connectivity index (χ1v) is 11.7. The second-order valence-electron chi connectivity index (χ2n) is 7.68. The molecule has 164 valence electrons. The van der Waals surface area contributed by atoms with Gasteiger partial charge in [-0.1, -0.05) is 18.2 Å². The van der Waals surface area contributed by atoms with E-state index in [1.54, 1.807) is 25.3 Å². The maximum atomic E-state index is 12.7. The third-order valence-corrected chi connectivity index (χ3v) is 6.93. The Morgan fingerprint density at radius 2 is 1.87 bits per heavy atom. The SMILES string of the molecule is COc1ccccc1N1CCN(C(=O)CCC2=NS(=O)(=O)c3ccc(C)cc3N2)CC1. The number of amides is 1. The maximum Gasteiger partial charge on any atom is 0.286 e. The number of carbonyl (C=O) groups excluding carboxylic acids is 1. The number of aryl methyl sites for hydroxylation is 1. The molecule has 0 bridgehead atoms. The Morgan fingerprint density at radius 1 is 1.13 bits per heavy atom. The lowest BCUT2D eigenvalue weighted by Gasteiger charge is -2.36. The lowest BCUT2D eigenvalue weighted by Crippen LogP contribution is -2.49. The highest BCUT2D eigenvalue weighted by Gasteiger charge is 2.27. The van der Waals surface area contributed by atoms with Gasteiger partial charge in [0.25, 0.3) is 10.0 Å². The Balaban J connectivity index is 1.35.